The molecule has 106 valence electrons. The molecule has 3 rings (SSSR count). The van der Waals surface area contributed by atoms with Crippen LogP contribution in [0, 0.1) is 0 Å². The van der Waals surface area contributed by atoms with Gasteiger partial charge in [0.1, 0.15) is 5.82 Å². The number of fused-ring (bicyclic) bond motifs is 1. The number of hydrogen-bond donors (Lipinski definition) is 3. The molecular weight excluding hydrogens is 264 g/mol. The lowest BCUT2D eigenvalue weighted by Gasteiger charge is -2.18. The quantitative estimate of drug-likeness (QED) is 0.683. The first-order valence-electron chi connectivity index (χ1n) is 6.72. The molecule has 0 bridgehead atoms. The average Bonchev–Trinajstić information content (AvgIpc) is 2.53. The Balaban J connectivity index is 2.00. The van der Waals surface area contributed by atoms with Gasteiger partial charge in [-0.25, -0.2) is 4.98 Å². The molecule has 3 aromatic rings. The predicted molar refractivity (Wildman–Crippen MR) is 83.8 cm³/mol. The molecule has 1 heterocycles. The summed E-state index contributed by atoms with van der Waals surface area (Å²) in [4.78, 5) is 8.47. The zero-order valence-electron chi connectivity index (χ0n) is 11.4. The summed E-state index contributed by atoms with van der Waals surface area (Å²) in [6.07, 6.45) is 0. The van der Waals surface area contributed by atoms with Crippen LogP contribution in [0.4, 0.5) is 11.8 Å². The van der Waals surface area contributed by atoms with Crippen LogP contribution in [0.5, 0.6) is 0 Å². The molecule has 21 heavy (non-hydrogen) atoms. The zero-order valence-corrected chi connectivity index (χ0v) is 11.4. The van der Waals surface area contributed by atoms with E-state index in [1.807, 2.05) is 54.6 Å². The highest BCUT2D eigenvalue weighted by Gasteiger charge is 2.13. The molecule has 0 aliphatic heterocycles. The lowest BCUT2D eigenvalue weighted by atomic mass is 10.1. The van der Waals surface area contributed by atoms with Gasteiger partial charge in [-0.15, -0.1) is 0 Å². The van der Waals surface area contributed by atoms with Crippen LogP contribution in [-0.2, 0) is 0 Å². The van der Waals surface area contributed by atoms with Gasteiger partial charge in [-0.05, 0) is 17.7 Å². The van der Waals surface area contributed by atoms with E-state index in [0.29, 0.717) is 5.82 Å². The zero-order chi connectivity index (χ0) is 14.7. The van der Waals surface area contributed by atoms with Gasteiger partial charge in [0.15, 0.2) is 0 Å². The maximum atomic E-state index is 9.65. The third-order valence-electron chi connectivity index (χ3n) is 3.32. The molecule has 0 aliphatic rings. The number of rotatable bonds is 4. The number of para-hydroxylation sites is 1. The van der Waals surface area contributed by atoms with Gasteiger partial charge >= 0.3 is 0 Å². The summed E-state index contributed by atoms with van der Waals surface area (Å²) in [6, 6.07) is 17.1. The number of anilines is 2. The van der Waals surface area contributed by atoms with E-state index in [9.17, 15) is 5.11 Å². The number of nitrogens with one attached hydrogen (secondary N) is 1. The first kappa shape index (κ1) is 13.3. The van der Waals surface area contributed by atoms with Crippen molar-refractivity contribution in [3.8, 4) is 0 Å². The third kappa shape index (κ3) is 2.78. The summed E-state index contributed by atoms with van der Waals surface area (Å²) in [6.45, 7) is -0.0394. The highest BCUT2D eigenvalue weighted by atomic mass is 16.3. The summed E-state index contributed by atoms with van der Waals surface area (Å²) >= 11 is 0. The highest BCUT2D eigenvalue weighted by Crippen LogP contribution is 2.25. The van der Waals surface area contributed by atoms with E-state index >= 15 is 0 Å². The fourth-order valence-corrected chi connectivity index (χ4v) is 2.29. The second kappa shape index (κ2) is 5.76. The molecule has 0 radical (unpaired) electrons. The van der Waals surface area contributed by atoms with Gasteiger partial charge in [0.05, 0.1) is 18.2 Å². The fraction of sp³-hybridized carbons (Fsp3) is 0.125. The van der Waals surface area contributed by atoms with Gasteiger partial charge in [0.25, 0.3) is 0 Å². The largest absolute Gasteiger partial charge is 0.394 e. The Hall–Kier alpha value is -2.66. The monoisotopic (exact) mass is 280 g/mol. The number of hydrogen-bond acceptors (Lipinski definition) is 5. The van der Waals surface area contributed by atoms with E-state index in [-0.39, 0.29) is 18.6 Å². The van der Waals surface area contributed by atoms with Crippen LogP contribution >= 0.6 is 0 Å². The Morgan fingerprint density at radius 2 is 1.71 bits per heavy atom. The normalized spacial score (nSPS) is 12.2. The van der Waals surface area contributed by atoms with E-state index in [1.54, 1.807) is 0 Å². The summed E-state index contributed by atoms with van der Waals surface area (Å²) in [7, 11) is 0. The number of aliphatic hydroxyl groups is 1. The van der Waals surface area contributed by atoms with Crippen molar-refractivity contribution in [2.45, 2.75) is 6.04 Å². The maximum absolute atomic E-state index is 9.65. The molecule has 0 fully saturated rings. The SMILES string of the molecule is Nc1nc(NC(CO)c2ccccc2)c2ccccc2n1. The molecule has 4 N–H and O–H groups in total. The molecule has 1 unspecified atom stereocenters. The van der Waals surface area contributed by atoms with Gasteiger partial charge in [-0.3, -0.25) is 0 Å². The molecule has 2 aromatic carbocycles. The highest BCUT2D eigenvalue weighted by molar-refractivity contribution is 5.90. The van der Waals surface area contributed by atoms with E-state index in [0.717, 1.165) is 16.5 Å². The van der Waals surface area contributed by atoms with Crippen molar-refractivity contribution in [1.29, 1.82) is 0 Å². The number of nitrogens with two attached hydrogens (primary N) is 1. The van der Waals surface area contributed by atoms with E-state index in [4.69, 9.17) is 5.73 Å². The summed E-state index contributed by atoms with van der Waals surface area (Å²) in [5.74, 6) is 0.835. The molecule has 1 atom stereocenters. The van der Waals surface area contributed by atoms with Crippen LogP contribution in [0.1, 0.15) is 11.6 Å². The minimum absolute atomic E-state index is 0.0394. The Labute approximate surface area is 122 Å². The molecule has 0 saturated heterocycles. The van der Waals surface area contributed by atoms with Crippen molar-refractivity contribution in [2.75, 3.05) is 17.7 Å². The predicted octanol–water partition coefficient (Wildman–Crippen LogP) is 2.36. The van der Waals surface area contributed by atoms with Gasteiger partial charge < -0.3 is 16.2 Å². The van der Waals surface area contributed by atoms with E-state index < -0.39 is 0 Å². The fourth-order valence-electron chi connectivity index (χ4n) is 2.29. The van der Waals surface area contributed by atoms with Crippen LogP contribution in [-0.4, -0.2) is 21.7 Å². The van der Waals surface area contributed by atoms with Gasteiger partial charge in [-0.1, -0.05) is 42.5 Å². The number of benzene rings is 2. The Morgan fingerprint density at radius 3 is 2.48 bits per heavy atom. The standard InChI is InChI=1S/C16H16N4O/c17-16-19-13-9-5-4-8-12(13)15(20-16)18-14(10-21)11-6-2-1-3-7-11/h1-9,14,21H,10H2,(H3,17,18,19,20). The number of aromatic nitrogens is 2. The second-order valence-corrected chi connectivity index (χ2v) is 4.74. The topological polar surface area (TPSA) is 84.1 Å². The van der Waals surface area contributed by atoms with Crippen LogP contribution in [0.3, 0.4) is 0 Å². The van der Waals surface area contributed by atoms with Crippen molar-refractivity contribution in [3.05, 3.63) is 60.2 Å². The lowest BCUT2D eigenvalue weighted by molar-refractivity contribution is 0.276. The van der Waals surface area contributed by atoms with Gasteiger partial charge in [-0.2, -0.15) is 4.98 Å². The molecule has 0 saturated carbocycles. The van der Waals surface area contributed by atoms with Crippen molar-refractivity contribution >= 4 is 22.7 Å². The van der Waals surface area contributed by atoms with E-state index in [1.165, 1.54) is 0 Å². The van der Waals surface area contributed by atoms with Gasteiger partial charge in [0, 0.05) is 5.39 Å². The van der Waals surface area contributed by atoms with Crippen LogP contribution in [0.15, 0.2) is 54.6 Å². The minimum Gasteiger partial charge on any atom is -0.394 e. The summed E-state index contributed by atoms with van der Waals surface area (Å²) in [5, 5.41) is 13.8. The number of nitrogen functional groups attached to an aromatic ring is 1. The maximum Gasteiger partial charge on any atom is 0.222 e. The summed E-state index contributed by atoms with van der Waals surface area (Å²) in [5.41, 5.74) is 7.52. The average molecular weight is 280 g/mol. The Morgan fingerprint density at radius 1 is 1.00 bits per heavy atom. The van der Waals surface area contributed by atoms with Gasteiger partial charge in [0.2, 0.25) is 5.95 Å². The van der Waals surface area contributed by atoms with Crippen molar-refractivity contribution < 1.29 is 5.11 Å². The molecular formula is C16H16N4O. The Kier molecular flexibility index (Phi) is 3.66. The van der Waals surface area contributed by atoms with Crippen molar-refractivity contribution in [1.82, 2.24) is 9.97 Å². The van der Waals surface area contributed by atoms with Crippen molar-refractivity contribution in [2.24, 2.45) is 0 Å². The van der Waals surface area contributed by atoms with Crippen LogP contribution in [0.2, 0.25) is 0 Å². The molecule has 5 nitrogen and oxygen atoms in total. The third-order valence-corrected chi connectivity index (χ3v) is 3.32. The smallest absolute Gasteiger partial charge is 0.222 e. The first-order chi connectivity index (χ1) is 10.3. The minimum atomic E-state index is -0.246. The lowest BCUT2D eigenvalue weighted by Crippen LogP contribution is -2.16. The Bertz CT molecular complexity index is 746. The second-order valence-electron chi connectivity index (χ2n) is 4.74. The van der Waals surface area contributed by atoms with Crippen LogP contribution in [0.25, 0.3) is 10.9 Å². The number of aliphatic hydroxyl groups excluding tert-OH is 1. The van der Waals surface area contributed by atoms with Crippen molar-refractivity contribution in [3.63, 3.8) is 0 Å². The molecule has 5 heteroatoms. The van der Waals surface area contributed by atoms with E-state index in [2.05, 4.69) is 15.3 Å². The summed E-state index contributed by atoms with van der Waals surface area (Å²) < 4.78 is 0. The first-order valence-corrected chi connectivity index (χ1v) is 6.72. The molecule has 0 amide bonds. The molecule has 0 aliphatic carbocycles. The van der Waals surface area contributed by atoms with Crippen LogP contribution < -0.4 is 11.1 Å². The number of nitrogens with zero attached hydrogens (tertiary/aromatic N) is 2. The molecule has 1 aromatic heterocycles. The molecule has 0 spiro atoms.